The van der Waals surface area contributed by atoms with Crippen LogP contribution in [0.15, 0.2) is 46.0 Å². The summed E-state index contributed by atoms with van der Waals surface area (Å²) in [6.45, 7) is -0.187. The van der Waals surface area contributed by atoms with Crippen LogP contribution < -0.4 is 26.0 Å². The van der Waals surface area contributed by atoms with Gasteiger partial charge in [0.25, 0.3) is 5.91 Å². The highest BCUT2D eigenvalue weighted by Gasteiger charge is 2.21. The van der Waals surface area contributed by atoms with Crippen molar-refractivity contribution in [1.29, 1.82) is 0 Å². The molecular formula is C25H27BrFN7O5. The molecule has 14 heteroatoms. The van der Waals surface area contributed by atoms with E-state index in [0.717, 1.165) is 0 Å². The molecule has 1 unspecified atom stereocenters. The Bertz CT molecular complexity index is 1410. The van der Waals surface area contributed by atoms with E-state index < -0.39 is 30.0 Å². The largest absolute Gasteiger partial charge is 0.496 e. The summed E-state index contributed by atoms with van der Waals surface area (Å²) >= 11 is 3.40. The molecule has 2 amide bonds. The van der Waals surface area contributed by atoms with Gasteiger partial charge in [-0.15, -0.1) is 0 Å². The first-order valence-electron chi connectivity index (χ1n) is 11.9. The molecule has 0 saturated heterocycles. The highest BCUT2D eigenvalue weighted by molar-refractivity contribution is 9.10. The molecule has 4 rings (SSSR count). The van der Waals surface area contributed by atoms with Gasteiger partial charge in [0.2, 0.25) is 5.91 Å². The molecule has 0 saturated carbocycles. The van der Waals surface area contributed by atoms with Gasteiger partial charge in [0.1, 0.15) is 11.9 Å². The van der Waals surface area contributed by atoms with E-state index in [4.69, 9.17) is 9.47 Å². The van der Waals surface area contributed by atoms with E-state index in [-0.39, 0.29) is 31.6 Å². The number of ether oxygens (including phenoxy) is 2. The number of rotatable bonds is 9. The van der Waals surface area contributed by atoms with Crippen molar-refractivity contribution in [3.05, 3.63) is 52.1 Å². The Labute approximate surface area is 231 Å². The van der Waals surface area contributed by atoms with Gasteiger partial charge in [0.05, 0.1) is 68.2 Å². The molecule has 206 valence electrons. The SMILES string of the molecule is COC(=O)C[C@H](NC(=O)CNC(=O)c1cc(NC2=NCC(F)CN2)c2cn[nH]c2c1)c1ccc(OC)c(Br)c1. The molecule has 3 aromatic rings. The summed E-state index contributed by atoms with van der Waals surface area (Å²) in [7, 11) is 2.79. The number of guanidine groups is 1. The van der Waals surface area contributed by atoms with Crippen LogP contribution in [0.2, 0.25) is 0 Å². The van der Waals surface area contributed by atoms with E-state index in [1.54, 1.807) is 36.5 Å². The maximum Gasteiger partial charge on any atom is 0.307 e. The van der Waals surface area contributed by atoms with Gasteiger partial charge in [-0.1, -0.05) is 6.07 Å². The summed E-state index contributed by atoms with van der Waals surface area (Å²) in [5.74, 6) is -0.556. The number of aromatic amines is 1. The van der Waals surface area contributed by atoms with Crippen molar-refractivity contribution >= 4 is 56.3 Å². The molecule has 1 aliphatic rings. The summed E-state index contributed by atoms with van der Waals surface area (Å²) in [6.07, 6.45) is 0.417. The van der Waals surface area contributed by atoms with Crippen molar-refractivity contribution in [2.24, 2.45) is 4.99 Å². The Hall–Kier alpha value is -4.20. The molecule has 2 heterocycles. The molecule has 12 nitrogen and oxygen atoms in total. The van der Waals surface area contributed by atoms with Crippen LogP contribution in [0.1, 0.15) is 28.4 Å². The summed E-state index contributed by atoms with van der Waals surface area (Å²) in [5, 5.41) is 18.8. The minimum atomic E-state index is -1.06. The normalized spacial score (nSPS) is 15.5. The molecular weight excluding hydrogens is 577 g/mol. The summed E-state index contributed by atoms with van der Waals surface area (Å²) in [6, 6.07) is 7.66. The van der Waals surface area contributed by atoms with Crippen molar-refractivity contribution < 1.29 is 28.2 Å². The second kappa shape index (κ2) is 12.6. The van der Waals surface area contributed by atoms with E-state index in [9.17, 15) is 18.8 Å². The number of anilines is 1. The number of benzene rings is 2. The number of carbonyl (C=O) groups is 3. The van der Waals surface area contributed by atoms with Crippen LogP contribution in [-0.4, -0.2) is 74.0 Å². The third-order valence-corrected chi connectivity index (χ3v) is 6.55. The number of hydrogen-bond acceptors (Lipinski definition) is 9. The Kier molecular flexibility index (Phi) is 8.96. The summed E-state index contributed by atoms with van der Waals surface area (Å²) in [4.78, 5) is 41.8. The van der Waals surface area contributed by atoms with Gasteiger partial charge in [-0.3, -0.25) is 19.5 Å². The number of halogens is 2. The van der Waals surface area contributed by atoms with E-state index in [1.165, 1.54) is 14.2 Å². The number of aliphatic imine (C=N–C) groups is 1. The summed E-state index contributed by atoms with van der Waals surface area (Å²) in [5.41, 5.74) is 2.01. The second-order valence-corrected chi connectivity index (χ2v) is 9.48. The number of H-pyrrole nitrogens is 1. The fraction of sp³-hybridized carbons (Fsp3) is 0.320. The second-order valence-electron chi connectivity index (χ2n) is 8.62. The van der Waals surface area contributed by atoms with Crippen LogP contribution in [0, 0.1) is 0 Å². The number of aromatic nitrogens is 2. The number of methoxy groups -OCH3 is 2. The molecule has 0 spiro atoms. The number of esters is 1. The fourth-order valence-corrected chi connectivity index (χ4v) is 4.48. The lowest BCUT2D eigenvalue weighted by Gasteiger charge is -2.20. The van der Waals surface area contributed by atoms with Crippen LogP contribution in [-0.2, 0) is 14.3 Å². The Morgan fingerprint density at radius 1 is 1.23 bits per heavy atom. The average Bonchev–Trinajstić information content (AvgIpc) is 3.41. The monoisotopic (exact) mass is 603 g/mol. The van der Waals surface area contributed by atoms with Crippen molar-refractivity contribution in [3.63, 3.8) is 0 Å². The molecule has 1 aromatic heterocycles. The fourth-order valence-electron chi connectivity index (χ4n) is 3.92. The summed E-state index contributed by atoms with van der Waals surface area (Å²) < 4.78 is 24.1. The highest BCUT2D eigenvalue weighted by Crippen LogP contribution is 2.29. The molecule has 0 bridgehead atoms. The zero-order valence-corrected chi connectivity index (χ0v) is 22.7. The maximum absolute atomic E-state index is 13.4. The molecule has 2 atom stereocenters. The molecule has 0 fully saturated rings. The molecule has 5 N–H and O–H groups in total. The molecule has 1 aliphatic heterocycles. The predicted octanol–water partition coefficient (Wildman–Crippen LogP) is 2.19. The van der Waals surface area contributed by atoms with Crippen molar-refractivity contribution in [1.82, 2.24) is 26.1 Å². The first-order chi connectivity index (χ1) is 18.8. The molecule has 2 aromatic carbocycles. The molecule has 0 aliphatic carbocycles. The minimum absolute atomic E-state index is 0.0314. The van der Waals surface area contributed by atoms with E-state index in [1.807, 2.05) is 0 Å². The van der Waals surface area contributed by atoms with E-state index in [0.29, 0.717) is 38.3 Å². The van der Waals surface area contributed by atoms with E-state index >= 15 is 0 Å². The number of fused-ring (bicyclic) bond motifs is 1. The number of amides is 2. The van der Waals surface area contributed by atoms with Gasteiger partial charge >= 0.3 is 5.97 Å². The van der Waals surface area contributed by atoms with E-state index in [2.05, 4.69) is 52.4 Å². The first-order valence-corrected chi connectivity index (χ1v) is 12.7. The third kappa shape index (κ3) is 7.02. The van der Waals surface area contributed by atoms with Crippen LogP contribution >= 0.6 is 15.9 Å². The van der Waals surface area contributed by atoms with Crippen LogP contribution in [0.3, 0.4) is 0 Å². The number of alkyl halides is 1. The lowest BCUT2D eigenvalue weighted by atomic mass is 10.0. The topological polar surface area (TPSA) is 159 Å². The lowest BCUT2D eigenvalue weighted by molar-refractivity contribution is -0.141. The number of nitrogens with one attached hydrogen (secondary N) is 5. The smallest absolute Gasteiger partial charge is 0.307 e. The van der Waals surface area contributed by atoms with Gasteiger partial charge in [0, 0.05) is 10.9 Å². The lowest BCUT2D eigenvalue weighted by Crippen LogP contribution is -2.41. The number of carbonyl (C=O) groups excluding carboxylic acids is 3. The number of nitrogens with zero attached hydrogens (tertiary/aromatic N) is 2. The predicted molar refractivity (Wildman–Crippen MR) is 145 cm³/mol. The third-order valence-electron chi connectivity index (χ3n) is 5.93. The Morgan fingerprint density at radius 2 is 2.05 bits per heavy atom. The minimum Gasteiger partial charge on any atom is -0.496 e. The van der Waals surface area contributed by atoms with Crippen LogP contribution in [0.5, 0.6) is 5.75 Å². The van der Waals surface area contributed by atoms with Gasteiger partial charge in [-0.05, 0) is 45.8 Å². The quantitative estimate of drug-likeness (QED) is 0.233. The zero-order chi connectivity index (χ0) is 27.9. The average molecular weight is 604 g/mol. The van der Waals surface area contributed by atoms with Gasteiger partial charge in [0.15, 0.2) is 5.96 Å². The Morgan fingerprint density at radius 3 is 2.74 bits per heavy atom. The standard InChI is InChI=1S/C25H27BrFN7O5/c1-38-21-4-3-13(5-17(21)26)18(8-23(36)39-2)32-22(35)12-28-24(37)14-6-19(16-11-31-34-20(16)7-14)33-25-29-9-15(27)10-30-25/h3-7,11,15,18H,8-10,12H2,1-2H3,(H,28,37)(H,31,34)(H,32,35)(H2,29,30,33)/t18-/m0/s1. The Balaban J connectivity index is 1.44. The maximum atomic E-state index is 13.4. The molecule has 39 heavy (non-hydrogen) atoms. The zero-order valence-electron chi connectivity index (χ0n) is 21.1. The van der Waals surface area contributed by atoms with Gasteiger partial charge < -0.3 is 30.7 Å². The van der Waals surface area contributed by atoms with Crippen molar-refractivity contribution in [3.8, 4) is 5.75 Å². The van der Waals surface area contributed by atoms with Gasteiger partial charge in [-0.2, -0.15) is 5.10 Å². The highest BCUT2D eigenvalue weighted by atomic mass is 79.9. The van der Waals surface area contributed by atoms with Gasteiger partial charge in [-0.25, -0.2) is 9.38 Å². The first kappa shape index (κ1) is 27.8. The van der Waals surface area contributed by atoms with Crippen molar-refractivity contribution in [2.75, 3.05) is 39.2 Å². The molecule has 0 radical (unpaired) electrons. The van der Waals surface area contributed by atoms with Crippen LogP contribution in [0.25, 0.3) is 10.9 Å². The van der Waals surface area contributed by atoms with Crippen LogP contribution in [0.4, 0.5) is 10.1 Å². The van der Waals surface area contributed by atoms with Crippen molar-refractivity contribution in [2.45, 2.75) is 18.6 Å². The number of hydrogen-bond donors (Lipinski definition) is 5.